The summed E-state index contributed by atoms with van der Waals surface area (Å²) >= 11 is 0. The number of nitrogens with two attached hydrogens (primary N) is 1. The highest BCUT2D eigenvalue weighted by molar-refractivity contribution is 5.93. The van der Waals surface area contributed by atoms with Crippen molar-refractivity contribution in [2.24, 2.45) is 0 Å². The molecule has 0 unspecified atom stereocenters. The number of alkyl halides is 3. The second-order valence-corrected chi connectivity index (χ2v) is 8.34. The van der Waals surface area contributed by atoms with Crippen molar-refractivity contribution in [3.8, 4) is 0 Å². The predicted molar refractivity (Wildman–Crippen MR) is 123 cm³/mol. The van der Waals surface area contributed by atoms with E-state index in [1.165, 1.54) is 24.0 Å². The summed E-state index contributed by atoms with van der Waals surface area (Å²) in [5.41, 5.74) is 9.00. The summed E-state index contributed by atoms with van der Waals surface area (Å²) in [5.74, 6) is -0.0781. The number of halogens is 3. The first kappa shape index (κ1) is 23.4. The van der Waals surface area contributed by atoms with Crippen LogP contribution in [-0.2, 0) is 12.6 Å². The molecule has 1 aliphatic carbocycles. The Balaban J connectivity index is 1.33. The van der Waals surface area contributed by atoms with Gasteiger partial charge in [0.15, 0.2) is 0 Å². The molecule has 1 amide bonds. The minimum Gasteiger partial charge on any atom is -0.368 e. The van der Waals surface area contributed by atoms with Gasteiger partial charge >= 0.3 is 6.18 Å². The van der Waals surface area contributed by atoms with Crippen LogP contribution < -0.4 is 11.1 Å². The number of pyridine rings is 1. The third-order valence-electron chi connectivity index (χ3n) is 5.76. The van der Waals surface area contributed by atoms with Gasteiger partial charge in [0.25, 0.3) is 5.91 Å². The van der Waals surface area contributed by atoms with Crippen LogP contribution in [0.25, 0.3) is 6.08 Å². The molecule has 0 saturated heterocycles. The zero-order chi connectivity index (χ0) is 24.1. The molecular formula is C25H24F3N5O. The lowest BCUT2D eigenvalue weighted by atomic mass is 9.89. The predicted octanol–water partition coefficient (Wildman–Crippen LogP) is 4.82. The van der Waals surface area contributed by atoms with Crippen LogP contribution in [0.15, 0.2) is 60.6 Å². The quantitative estimate of drug-likeness (QED) is 0.561. The molecule has 2 aromatic heterocycles. The van der Waals surface area contributed by atoms with Gasteiger partial charge < -0.3 is 11.1 Å². The van der Waals surface area contributed by atoms with E-state index in [0.29, 0.717) is 17.7 Å². The second-order valence-electron chi connectivity index (χ2n) is 8.34. The molecule has 9 heteroatoms. The average molecular weight is 467 g/mol. The van der Waals surface area contributed by atoms with Crippen molar-refractivity contribution in [2.45, 2.75) is 44.3 Å². The SMILES string of the molecule is Nc1ncc(C(=O)NC2CCC(=Cc3cccc(Cc4ccc(C(F)(F)F)cn4)c3)CC2)cn1. The van der Waals surface area contributed by atoms with Crippen LogP contribution in [0.3, 0.4) is 0 Å². The molecule has 1 aromatic carbocycles. The number of anilines is 1. The van der Waals surface area contributed by atoms with Gasteiger partial charge in [-0.25, -0.2) is 9.97 Å². The Morgan fingerprint density at radius 3 is 2.44 bits per heavy atom. The van der Waals surface area contributed by atoms with E-state index in [1.54, 1.807) is 0 Å². The highest BCUT2D eigenvalue weighted by atomic mass is 19.4. The Bertz CT molecular complexity index is 1160. The number of nitrogen functional groups attached to an aromatic ring is 1. The van der Waals surface area contributed by atoms with Gasteiger partial charge in [0.1, 0.15) is 0 Å². The Hall–Kier alpha value is -3.75. The Kier molecular flexibility index (Phi) is 6.90. The Morgan fingerprint density at radius 2 is 1.79 bits per heavy atom. The minimum absolute atomic E-state index is 0.0827. The first-order chi connectivity index (χ1) is 16.3. The smallest absolute Gasteiger partial charge is 0.368 e. The number of hydrogen-bond donors (Lipinski definition) is 2. The molecule has 0 aliphatic heterocycles. The number of allylic oxidation sites excluding steroid dienone is 1. The molecule has 3 aromatic rings. The second kappa shape index (κ2) is 10.0. The van der Waals surface area contributed by atoms with E-state index in [4.69, 9.17) is 5.73 Å². The monoisotopic (exact) mass is 467 g/mol. The fourth-order valence-electron chi connectivity index (χ4n) is 3.94. The summed E-state index contributed by atoms with van der Waals surface area (Å²) in [6.45, 7) is 0. The van der Waals surface area contributed by atoms with Crippen LogP contribution in [0, 0.1) is 0 Å². The number of carbonyl (C=O) groups excluding carboxylic acids is 1. The highest BCUT2D eigenvalue weighted by Crippen LogP contribution is 2.29. The average Bonchev–Trinajstić information content (AvgIpc) is 2.81. The lowest BCUT2D eigenvalue weighted by molar-refractivity contribution is -0.137. The fraction of sp³-hybridized carbons (Fsp3) is 0.280. The normalized spacial score (nSPS) is 16.2. The van der Waals surface area contributed by atoms with Gasteiger partial charge in [0, 0.05) is 36.7 Å². The molecule has 0 spiro atoms. The van der Waals surface area contributed by atoms with Gasteiger partial charge in [0.05, 0.1) is 11.1 Å². The molecule has 1 aliphatic rings. The van der Waals surface area contributed by atoms with Crippen molar-refractivity contribution >= 4 is 17.9 Å². The van der Waals surface area contributed by atoms with E-state index in [0.717, 1.165) is 49.1 Å². The zero-order valence-corrected chi connectivity index (χ0v) is 18.3. The summed E-state index contributed by atoms with van der Waals surface area (Å²) in [6, 6.07) is 10.5. The Labute approximate surface area is 195 Å². The van der Waals surface area contributed by atoms with Gasteiger partial charge in [-0.2, -0.15) is 13.2 Å². The van der Waals surface area contributed by atoms with Gasteiger partial charge in [-0.3, -0.25) is 9.78 Å². The number of rotatable bonds is 5. The van der Waals surface area contributed by atoms with Crippen molar-refractivity contribution in [1.29, 1.82) is 0 Å². The standard InChI is InChI=1S/C25H24F3N5O/c26-25(27,28)20-6-9-22(30-15-20)12-18-3-1-2-17(11-18)10-16-4-7-21(8-5-16)33-23(34)19-13-31-24(29)32-14-19/h1-3,6,9-11,13-15,21H,4-5,7-8,12H2,(H,33,34)(H2,29,31,32). The lowest BCUT2D eigenvalue weighted by Gasteiger charge is -2.25. The van der Waals surface area contributed by atoms with Gasteiger partial charge in [-0.1, -0.05) is 35.9 Å². The van der Waals surface area contributed by atoms with E-state index in [9.17, 15) is 18.0 Å². The number of benzene rings is 1. The zero-order valence-electron chi connectivity index (χ0n) is 18.3. The number of hydrogen-bond acceptors (Lipinski definition) is 5. The van der Waals surface area contributed by atoms with Crippen LogP contribution in [0.2, 0.25) is 0 Å². The van der Waals surface area contributed by atoms with E-state index < -0.39 is 11.7 Å². The molecule has 0 atom stereocenters. The maximum Gasteiger partial charge on any atom is 0.417 e. The largest absolute Gasteiger partial charge is 0.417 e. The molecule has 0 bridgehead atoms. The number of carbonyl (C=O) groups is 1. The van der Waals surface area contributed by atoms with Gasteiger partial charge in [-0.15, -0.1) is 0 Å². The highest BCUT2D eigenvalue weighted by Gasteiger charge is 2.30. The number of nitrogens with zero attached hydrogens (tertiary/aromatic N) is 3. The van der Waals surface area contributed by atoms with Crippen LogP contribution in [0.1, 0.15) is 58.4 Å². The van der Waals surface area contributed by atoms with Crippen molar-refractivity contribution in [2.75, 3.05) is 5.73 Å². The molecule has 3 N–H and O–H groups in total. The molecule has 1 saturated carbocycles. The van der Waals surface area contributed by atoms with E-state index in [2.05, 4.69) is 26.3 Å². The summed E-state index contributed by atoms with van der Waals surface area (Å²) in [7, 11) is 0. The third kappa shape index (κ3) is 6.18. The topological polar surface area (TPSA) is 93.8 Å². The summed E-state index contributed by atoms with van der Waals surface area (Å²) < 4.78 is 38.2. The van der Waals surface area contributed by atoms with Crippen molar-refractivity contribution in [3.63, 3.8) is 0 Å². The molecule has 6 nitrogen and oxygen atoms in total. The van der Waals surface area contributed by atoms with E-state index >= 15 is 0 Å². The minimum atomic E-state index is -4.38. The number of amides is 1. The molecule has 4 rings (SSSR count). The first-order valence-electron chi connectivity index (χ1n) is 10.9. The summed E-state index contributed by atoms with van der Waals surface area (Å²) in [5, 5.41) is 3.02. The van der Waals surface area contributed by atoms with E-state index in [-0.39, 0.29) is 17.9 Å². The lowest BCUT2D eigenvalue weighted by Crippen LogP contribution is -2.36. The van der Waals surface area contributed by atoms with Crippen LogP contribution in [-0.4, -0.2) is 26.9 Å². The molecule has 0 radical (unpaired) electrons. The van der Waals surface area contributed by atoms with Crippen molar-refractivity contribution < 1.29 is 18.0 Å². The van der Waals surface area contributed by atoms with E-state index in [1.807, 2.05) is 24.3 Å². The van der Waals surface area contributed by atoms with Crippen LogP contribution in [0.4, 0.5) is 19.1 Å². The molecule has 2 heterocycles. The fourth-order valence-corrected chi connectivity index (χ4v) is 3.94. The van der Waals surface area contributed by atoms with Crippen molar-refractivity contribution in [3.05, 3.63) is 88.5 Å². The van der Waals surface area contributed by atoms with Crippen molar-refractivity contribution in [1.82, 2.24) is 20.3 Å². The summed E-state index contributed by atoms with van der Waals surface area (Å²) in [6.07, 6.45) is 5.33. The molecule has 1 fully saturated rings. The Morgan fingerprint density at radius 1 is 1.06 bits per heavy atom. The maximum absolute atomic E-state index is 12.7. The summed E-state index contributed by atoms with van der Waals surface area (Å²) in [4.78, 5) is 24.0. The number of aromatic nitrogens is 3. The molecule has 176 valence electrons. The van der Waals surface area contributed by atoms with Crippen LogP contribution in [0.5, 0.6) is 0 Å². The van der Waals surface area contributed by atoms with Gasteiger partial charge in [0.2, 0.25) is 5.95 Å². The number of nitrogens with one attached hydrogen (secondary N) is 1. The third-order valence-corrected chi connectivity index (χ3v) is 5.76. The first-order valence-corrected chi connectivity index (χ1v) is 10.9. The molecule has 34 heavy (non-hydrogen) atoms. The van der Waals surface area contributed by atoms with Crippen LogP contribution >= 0.6 is 0 Å². The molecular weight excluding hydrogens is 443 g/mol. The van der Waals surface area contributed by atoms with Gasteiger partial charge in [-0.05, 0) is 48.9 Å². The maximum atomic E-state index is 12.7.